The quantitative estimate of drug-likeness (QED) is 0.819. The molecule has 24 heavy (non-hydrogen) atoms. The summed E-state index contributed by atoms with van der Waals surface area (Å²) in [6.45, 7) is 7.42. The highest BCUT2D eigenvalue weighted by Gasteiger charge is 2.17. The van der Waals surface area contributed by atoms with Gasteiger partial charge in [-0.1, -0.05) is 30.3 Å². The van der Waals surface area contributed by atoms with Crippen LogP contribution in [0.15, 0.2) is 35.7 Å². The van der Waals surface area contributed by atoms with E-state index in [2.05, 4.69) is 29.3 Å². The Morgan fingerprint density at radius 1 is 1.25 bits per heavy atom. The van der Waals surface area contributed by atoms with Gasteiger partial charge in [0.2, 0.25) is 0 Å². The molecule has 128 valence electrons. The SMILES string of the molecule is Cc1scc(C(=O)NCCCN2CCOCC2)c1-c1ccccc1. The molecule has 2 heterocycles. The molecule has 0 radical (unpaired) electrons. The van der Waals surface area contributed by atoms with Gasteiger partial charge in [-0.05, 0) is 25.5 Å². The number of morpholine rings is 1. The van der Waals surface area contributed by atoms with Gasteiger partial charge >= 0.3 is 0 Å². The van der Waals surface area contributed by atoms with Crippen molar-refractivity contribution in [1.82, 2.24) is 10.2 Å². The number of amides is 1. The van der Waals surface area contributed by atoms with Crippen molar-refractivity contribution in [3.63, 3.8) is 0 Å². The lowest BCUT2D eigenvalue weighted by Gasteiger charge is -2.26. The largest absolute Gasteiger partial charge is 0.379 e. The van der Waals surface area contributed by atoms with Crippen LogP contribution in [0, 0.1) is 6.92 Å². The van der Waals surface area contributed by atoms with E-state index in [9.17, 15) is 4.79 Å². The van der Waals surface area contributed by atoms with Crippen LogP contribution in [0.25, 0.3) is 11.1 Å². The molecule has 1 fully saturated rings. The maximum atomic E-state index is 12.6. The summed E-state index contributed by atoms with van der Waals surface area (Å²) in [5.41, 5.74) is 2.95. The second kappa shape index (κ2) is 8.42. The van der Waals surface area contributed by atoms with Gasteiger partial charge in [0, 0.05) is 35.5 Å². The first kappa shape index (κ1) is 17.1. The van der Waals surface area contributed by atoms with E-state index in [1.807, 2.05) is 23.6 Å². The van der Waals surface area contributed by atoms with Gasteiger partial charge in [0.05, 0.1) is 18.8 Å². The molecule has 1 saturated heterocycles. The van der Waals surface area contributed by atoms with Gasteiger partial charge in [-0.25, -0.2) is 0 Å². The fourth-order valence-corrected chi connectivity index (χ4v) is 3.88. The fourth-order valence-electron chi connectivity index (χ4n) is 3.01. The van der Waals surface area contributed by atoms with Crippen LogP contribution in [0.1, 0.15) is 21.7 Å². The Hall–Kier alpha value is -1.69. The van der Waals surface area contributed by atoms with Crippen molar-refractivity contribution < 1.29 is 9.53 Å². The summed E-state index contributed by atoms with van der Waals surface area (Å²) in [7, 11) is 0. The summed E-state index contributed by atoms with van der Waals surface area (Å²) < 4.78 is 5.35. The molecule has 1 amide bonds. The average molecular weight is 344 g/mol. The molecule has 1 aliphatic rings. The third kappa shape index (κ3) is 4.23. The summed E-state index contributed by atoms with van der Waals surface area (Å²) in [6.07, 6.45) is 0.968. The average Bonchev–Trinajstić information content (AvgIpc) is 3.02. The van der Waals surface area contributed by atoms with E-state index in [1.165, 1.54) is 4.88 Å². The van der Waals surface area contributed by atoms with Gasteiger partial charge < -0.3 is 10.1 Å². The summed E-state index contributed by atoms with van der Waals surface area (Å²) in [4.78, 5) is 16.1. The zero-order valence-corrected chi connectivity index (χ0v) is 14.9. The van der Waals surface area contributed by atoms with Crippen LogP contribution in [0.5, 0.6) is 0 Å². The maximum absolute atomic E-state index is 12.6. The first-order valence-corrected chi connectivity index (χ1v) is 9.35. The molecule has 0 bridgehead atoms. The molecule has 0 aliphatic carbocycles. The van der Waals surface area contributed by atoms with E-state index < -0.39 is 0 Å². The molecule has 1 aromatic carbocycles. The number of carbonyl (C=O) groups is 1. The van der Waals surface area contributed by atoms with Crippen molar-refractivity contribution in [2.24, 2.45) is 0 Å². The molecular formula is C19H24N2O2S. The highest BCUT2D eigenvalue weighted by Crippen LogP contribution is 2.32. The molecule has 3 rings (SSSR count). The van der Waals surface area contributed by atoms with Crippen LogP contribution < -0.4 is 5.32 Å². The van der Waals surface area contributed by atoms with Gasteiger partial charge in [-0.15, -0.1) is 11.3 Å². The van der Waals surface area contributed by atoms with Gasteiger partial charge in [-0.2, -0.15) is 0 Å². The lowest BCUT2D eigenvalue weighted by molar-refractivity contribution is 0.0374. The van der Waals surface area contributed by atoms with Crippen molar-refractivity contribution in [1.29, 1.82) is 0 Å². The van der Waals surface area contributed by atoms with Crippen molar-refractivity contribution >= 4 is 17.2 Å². The molecule has 0 atom stereocenters. The Labute approximate surface area is 147 Å². The number of hydrogen-bond donors (Lipinski definition) is 1. The predicted molar refractivity (Wildman–Crippen MR) is 98.7 cm³/mol. The Morgan fingerprint density at radius 3 is 2.75 bits per heavy atom. The normalized spacial score (nSPS) is 15.4. The van der Waals surface area contributed by atoms with Crippen molar-refractivity contribution in [2.45, 2.75) is 13.3 Å². The van der Waals surface area contributed by atoms with Crippen molar-refractivity contribution in [3.8, 4) is 11.1 Å². The number of nitrogens with zero attached hydrogens (tertiary/aromatic N) is 1. The van der Waals surface area contributed by atoms with Crippen LogP contribution >= 0.6 is 11.3 Å². The smallest absolute Gasteiger partial charge is 0.252 e. The fraction of sp³-hybridized carbons (Fsp3) is 0.421. The lowest BCUT2D eigenvalue weighted by atomic mass is 10.0. The Morgan fingerprint density at radius 2 is 2.00 bits per heavy atom. The molecule has 5 heteroatoms. The number of aryl methyl sites for hydroxylation is 1. The first-order valence-electron chi connectivity index (χ1n) is 8.47. The minimum atomic E-state index is 0.0279. The van der Waals surface area contributed by atoms with Gasteiger partial charge in [0.1, 0.15) is 0 Å². The highest BCUT2D eigenvalue weighted by atomic mass is 32.1. The zero-order valence-electron chi connectivity index (χ0n) is 14.1. The standard InChI is InChI=1S/C19H24N2O2S/c1-15-18(16-6-3-2-4-7-16)17(14-24-15)19(22)20-8-5-9-21-10-12-23-13-11-21/h2-4,6-7,14H,5,8-13H2,1H3,(H,20,22). The van der Waals surface area contributed by atoms with Crippen molar-refractivity contribution in [3.05, 3.63) is 46.2 Å². The lowest BCUT2D eigenvalue weighted by Crippen LogP contribution is -2.38. The number of hydrogen-bond acceptors (Lipinski definition) is 4. The minimum absolute atomic E-state index is 0.0279. The summed E-state index contributed by atoms with van der Waals surface area (Å²) in [5.74, 6) is 0.0279. The van der Waals surface area contributed by atoms with Crippen LogP contribution in [-0.4, -0.2) is 50.2 Å². The molecule has 0 unspecified atom stereocenters. The summed E-state index contributed by atoms with van der Waals surface area (Å²) >= 11 is 1.63. The molecule has 2 aromatic rings. The number of rotatable bonds is 6. The Bertz CT molecular complexity index is 663. The zero-order chi connectivity index (χ0) is 16.8. The van der Waals surface area contributed by atoms with Gasteiger partial charge in [-0.3, -0.25) is 9.69 Å². The predicted octanol–water partition coefficient (Wildman–Crippen LogP) is 3.18. The number of carbonyl (C=O) groups excluding carboxylic acids is 1. The molecular weight excluding hydrogens is 320 g/mol. The second-order valence-corrected chi connectivity index (χ2v) is 7.09. The third-order valence-corrected chi connectivity index (χ3v) is 5.23. The highest BCUT2D eigenvalue weighted by molar-refractivity contribution is 7.10. The van der Waals surface area contributed by atoms with Crippen LogP contribution in [0.3, 0.4) is 0 Å². The van der Waals surface area contributed by atoms with Crippen LogP contribution in [-0.2, 0) is 4.74 Å². The summed E-state index contributed by atoms with van der Waals surface area (Å²) in [5, 5.41) is 5.04. The molecule has 0 spiro atoms. The van der Waals surface area contributed by atoms with Crippen LogP contribution in [0.4, 0.5) is 0 Å². The maximum Gasteiger partial charge on any atom is 0.252 e. The molecule has 1 N–H and O–H groups in total. The van der Waals surface area contributed by atoms with E-state index in [0.717, 1.165) is 56.0 Å². The van der Waals surface area contributed by atoms with E-state index in [4.69, 9.17) is 4.74 Å². The molecule has 0 saturated carbocycles. The number of thiophene rings is 1. The van der Waals surface area contributed by atoms with Crippen molar-refractivity contribution in [2.75, 3.05) is 39.4 Å². The molecule has 1 aromatic heterocycles. The number of benzene rings is 1. The van der Waals surface area contributed by atoms with E-state index in [0.29, 0.717) is 6.54 Å². The van der Waals surface area contributed by atoms with Gasteiger partial charge in [0.25, 0.3) is 5.91 Å². The Kier molecular flexibility index (Phi) is 6.01. The van der Waals surface area contributed by atoms with E-state index >= 15 is 0 Å². The number of ether oxygens (including phenoxy) is 1. The van der Waals surface area contributed by atoms with Gasteiger partial charge in [0.15, 0.2) is 0 Å². The second-order valence-electron chi connectivity index (χ2n) is 6.01. The third-order valence-electron chi connectivity index (χ3n) is 4.32. The van der Waals surface area contributed by atoms with E-state index in [-0.39, 0.29) is 5.91 Å². The summed E-state index contributed by atoms with van der Waals surface area (Å²) in [6, 6.07) is 10.1. The Balaban J connectivity index is 1.56. The van der Waals surface area contributed by atoms with E-state index in [1.54, 1.807) is 11.3 Å². The molecule has 1 aliphatic heterocycles. The minimum Gasteiger partial charge on any atom is -0.379 e. The topological polar surface area (TPSA) is 41.6 Å². The first-order chi connectivity index (χ1) is 11.8. The number of nitrogens with one attached hydrogen (secondary N) is 1. The van der Waals surface area contributed by atoms with Crippen LogP contribution in [0.2, 0.25) is 0 Å². The monoisotopic (exact) mass is 344 g/mol. The molecule has 4 nitrogen and oxygen atoms in total.